The Hall–Kier alpha value is -2.08. The molecule has 3 nitrogen and oxygen atoms in total. The molecule has 1 aromatic rings. The summed E-state index contributed by atoms with van der Waals surface area (Å²) >= 11 is 0. The second-order valence-corrected chi connectivity index (χ2v) is 7.25. The molecule has 2 unspecified atom stereocenters. The minimum atomic E-state index is -0.479. The summed E-state index contributed by atoms with van der Waals surface area (Å²) in [6, 6.07) is 8.65. The van der Waals surface area contributed by atoms with E-state index in [0.717, 1.165) is 25.0 Å². The number of nitrogens with zero attached hydrogens (tertiary/aromatic N) is 1. The van der Waals surface area contributed by atoms with E-state index in [-0.39, 0.29) is 11.7 Å². The lowest BCUT2D eigenvalue weighted by molar-refractivity contribution is -0.128. The van der Waals surface area contributed by atoms with Gasteiger partial charge in [-0.2, -0.15) is 5.26 Å². The molecular formula is C20H21NO2. The normalized spacial score (nSPS) is 34.7. The van der Waals surface area contributed by atoms with Crippen LogP contribution in [0.15, 0.2) is 24.3 Å². The number of allylic oxidation sites excluding steroid dienone is 2. The van der Waals surface area contributed by atoms with Gasteiger partial charge in [-0.15, -0.1) is 0 Å². The zero-order valence-electron chi connectivity index (χ0n) is 13.6. The summed E-state index contributed by atoms with van der Waals surface area (Å²) in [5, 5.41) is 9.67. The number of nitriles is 1. The maximum atomic E-state index is 12.5. The molecule has 0 N–H and O–H groups in total. The summed E-state index contributed by atoms with van der Waals surface area (Å²) in [7, 11) is 1.69. The number of ether oxygens (including phenoxy) is 1. The lowest BCUT2D eigenvalue weighted by Gasteiger charge is -2.45. The van der Waals surface area contributed by atoms with E-state index in [9.17, 15) is 10.1 Å². The van der Waals surface area contributed by atoms with Crippen LogP contribution in [0.2, 0.25) is 0 Å². The first-order valence-electron chi connectivity index (χ1n) is 8.41. The molecule has 4 atom stereocenters. The number of hydrogen-bond donors (Lipinski definition) is 0. The molecule has 3 heteroatoms. The number of ketones is 1. The zero-order valence-corrected chi connectivity index (χ0v) is 13.6. The van der Waals surface area contributed by atoms with Gasteiger partial charge in [-0.1, -0.05) is 19.1 Å². The van der Waals surface area contributed by atoms with Gasteiger partial charge < -0.3 is 4.74 Å². The Labute approximate surface area is 137 Å². The molecule has 0 saturated heterocycles. The highest BCUT2D eigenvalue weighted by Gasteiger charge is 2.56. The van der Waals surface area contributed by atoms with Crippen molar-refractivity contribution in [3.05, 3.63) is 35.4 Å². The van der Waals surface area contributed by atoms with E-state index < -0.39 is 5.41 Å². The van der Waals surface area contributed by atoms with E-state index in [2.05, 4.69) is 24.3 Å². The van der Waals surface area contributed by atoms with Gasteiger partial charge in [0, 0.05) is 11.8 Å². The van der Waals surface area contributed by atoms with Gasteiger partial charge in [-0.05, 0) is 59.9 Å². The molecule has 3 aliphatic carbocycles. The Morgan fingerprint density at radius 2 is 2.13 bits per heavy atom. The first-order chi connectivity index (χ1) is 11.1. The predicted molar refractivity (Wildman–Crippen MR) is 87.7 cm³/mol. The smallest absolute Gasteiger partial charge is 0.140 e. The van der Waals surface area contributed by atoms with Crippen molar-refractivity contribution in [1.82, 2.24) is 0 Å². The Bertz CT molecular complexity index is 757. The van der Waals surface area contributed by atoms with Crippen LogP contribution < -0.4 is 4.74 Å². The molecule has 0 radical (unpaired) electrons. The summed E-state index contributed by atoms with van der Waals surface area (Å²) in [4.78, 5) is 12.5. The zero-order chi connectivity index (χ0) is 16.2. The average molecular weight is 307 g/mol. The molecule has 0 aromatic heterocycles. The molecular weight excluding hydrogens is 286 g/mol. The van der Waals surface area contributed by atoms with Gasteiger partial charge in [0.25, 0.3) is 0 Å². The minimum absolute atomic E-state index is 0.282. The fourth-order valence-corrected chi connectivity index (χ4v) is 5.09. The molecule has 1 fully saturated rings. The highest BCUT2D eigenvalue weighted by molar-refractivity contribution is 5.90. The number of benzene rings is 1. The highest BCUT2D eigenvalue weighted by atomic mass is 16.5. The monoisotopic (exact) mass is 307 g/mol. The predicted octanol–water partition coefficient (Wildman–Crippen LogP) is 3.78. The van der Waals surface area contributed by atoms with E-state index in [1.165, 1.54) is 16.7 Å². The van der Waals surface area contributed by atoms with Gasteiger partial charge in [0.2, 0.25) is 0 Å². The second kappa shape index (κ2) is 4.96. The molecule has 3 aliphatic rings. The lowest BCUT2D eigenvalue weighted by Crippen LogP contribution is -2.43. The maximum absolute atomic E-state index is 12.5. The number of rotatable bonds is 1. The van der Waals surface area contributed by atoms with Crippen LogP contribution in [0, 0.1) is 34.5 Å². The van der Waals surface area contributed by atoms with Crippen LogP contribution in [0.4, 0.5) is 0 Å². The van der Waals surface area contributed by atoms with Gasteiger partial charge in [0.1, 0.15) is 11.5 Å². The number of carbonyl (C=O) groups excluding carboxylic acids is 1. The van der Waals surface area contributed by atoms with Crippen LogP contribution in [0.5, 0.6) is 5.75 Å². The fourth-order valence-electron chi connectivity index (χ4n) is 5.09. The van der Waals surface area contributed by atoms with E-state index in [1.807, 2.05) is 13.0 Å². The Balaban J connectivity index is 1.86. The van der Waals surface area contributed by atoms with Crippen molar-refractivity contribution in [1.29, 1.82) is 5.26 Å². The van der Waals surface area contributed by atoms with Crippen LogP contribution in [0.1, 0.15) is 37.3 Å². The van der Waals surface area contributed by atoms with Crippen LogP contribution in [-0.2, 0) is 11.2 Å². The standard InChI is InChI=1S/C20H21NO2/c1-20-13(11-21)10-17-15-6-4-14(23-2)9-12(15)3-5-16(17)18(20)7-8-19(20)22/h4,6,9-10,13,16,18H,3,5,7-8H2,1-2H3/t13-,16?,18?,20+/m1/s1. The first-order valence-corrected chi connectivity index (χ1v) is 8.41. The number of aryl methyl sites for hydroxylation is 1. The third kappa shape index (κ3) is 1.84. The molecule has 0 spiro atoms. The lowest BCUT2D eigenvalue weighted by atomic mass is 9.56. The fraction of sp³-hybridized carbons (Fsp3) is 0.500. The molecule has 0 bridgehead atoms. The van der Waals surface area contributed by atoms with Crippen LogP contribution in [0.3, 0.4) is 0 Å². The number of Topliss-reactive ketones (excluding diaryl/α,β-unsaturated/α-hetero) is 1. The summed E-state index contributed by atoms with van der Waals surface area (Å²) in [6.07, 6.45) is 5.74. The Morgan fingerprint density at radius 1 is 1.30 bits per heavy atom. The quantitative estimate of drug-likeness (QED) is 0.793. The van der Waals surface area contributed by atoms with Crippen LogP contribution >= 0.6 is 0 Å². The molecule has 1 aromatic carbocycles. The largest absolute Gasteiger partial charge is 0.497 e. The van der Waals surface area contributed by atoms with E-state index in [1.54, 1.807) is 7.11 Å². The van der Waals surface area contributed by atoms with Crippen molar-refractivity contribution in [2.75, 3.05) is 7.11 Å². The van der Waals surface area contributed by atoms with Gasteiger partial charge in [-0.25, -0.2) is 0 Å². The maximum Gasteiger partial charge on any atom is 0.140 e. The average Bonchev–Trinajstić information content (AvgIpc) is 2.89. The molecule has 118 valence electrons. The van der Waals surface area contributed by atoms with E-state index >= 15 is 0 Å². The van der Waals surface area contributed by atoms with Crippen molar-refractivity contribution in [3.63, 3.8) is 0 Å². The van der Waals surface area contributed by atoms with Gasteiger partial charge in [-0.3, -0.25) is 4.79 Å². The SMILES string of the molecule is COc1ccc2c(c1)CCC1C2=C[C@H](C#N)[C@]2(C)C(=O)CCC12. The van der Waals surface area contributed by atoms with Crippen molar-refractivity contribution < 1.29 is 9.53 Å². The molecule has 0 heterocycles. The van der Waals surface area contributed by atoms with Crippen molar-refractivity contribution >= 4 is 11.4 Å². The summed E-state index contributed by atoms with van der Waals surface area (Å²) < 4.78 is 5.34. The molecule has 0 amide bonds. The number of fused-ring (bicyclic) bond motifs is 5. The topological polar surface area (TPSA) is 50.1 Å². The van der Waals surface area contributed by atoms with Crippen molar-refractivity contribution in [2.45, 2.75) is 32.6 Å². The Morgan fingerprint density at radius 3 is 2.87 bits per heavy atom. The Kier molecular flexibility index (Phi) is 3.13. The highest BCUT2D eigenvalue weighted by Crippen LogP contribution is 2.59. The van der Waals surface area contributed by atoms with Gasteiger partial charge in [0.05, 0.1) is 19.1 Å². The summed E-state index contributed by atoms with van der Waals surface area (Å²) in [6.45, 7) is 2.03. The third-order valence-electron chi connectivity index (χ3n) is 6.42. The first kappa shape index (κ1) is 14.5. The number of methoxy groups -OCH3 is 1. The second-order valence-electron chi connectivity index (χ2n) is 7.25. The third-order valence-corrected chi connectivity index (χ3v) is 6.42. The van der Waals surface area contributed by atoms with Gasteiger partial charge in [0.15, 0.2) is 0 Å². The summed E-state index contributed by atoms with van der Waals surface area (Å²) in [5.74, 6) is 1.59. The van der Waals surface area contributed by atoms with E-state index in [4.69, 9.17) is 4.74 Å². The van der Waals surface area contributed by atoms with Crippen LogP contribution in [-0.4, -0.2) is 12.9 Å². The molecule has 1 saturated carbocycles. The number of hydrogen-bond acceptors (Lipinski definition) is 3. The minimum Gasteiger partial charge on any atom is -0.497 e. The van der Waals surface area contributed by atoms with Crippen LogP contribution in [0.25, 0.3) is 5.57 Å². The van der Waals surface area contributed by atoms with Crippen molar-refractivity contribution in [3.8, 4) is 11.8 Å². The van der Waals surface area contributed by atoms with Gasteiger partial charge >= 0.3 is 0 Å². The van der Waals surface area contributed by atoms with Crippen molar-refractivity contribution in [2.24, 2.45) is 23.2 Å². The number of carbonyl (C=O) groups is 1. The molecule has 0 aliphatic heterocycles. The van der Waals surface area contributed by atoms with E-state index in [0.29, 0.717) is 18.3 Å². The summed E-state index contributed by atoms with van der Waals surface area (Å²) in [5.41, 5.74) is 3.37. The molecule has 4 rings (SSSR count). The molecule has 23 heavy (non-hydrogen) atoms.